The summed E-state index contributed by atoms with van der Waals surface area (Å²) < 4.78 is 0. The van der Waals surface area contributed by atoms with Gasteiger partial charge in [0.05, 0.1) is 0 Å². The van der Waals surface area contributed by atoms with Crippen LogP contribution in [0.4, 0.5) is 4.79 Å². The first-order valence-electron chi connectivity index (χ1n) is 9.08. The molecule has 7 nitrogen and oxygen atoms in total. The molecular weight excluding hydrogens is 334 g/mol. The van der Waals surface area contributed by atoms with Gasteiger partial charge >= 0.3 is 6.09 Å². The highest BCUT2D eigenvalue weighted by Crippen LogP contribution is 2.41. The van der Waals surface area contributed by atoms with Crippen LogP contribution in [0.5, 0.6) is 0 Å². The van der Waals surface area contributed by atoms with Crippen LogP contribution in [-0.4, -0.2) is 66.0 Å². The van der Waals surface area contributed by atoms with E-state index in [4.69, 9.17) is 5.11 Å². The molecule has 0 aromatic carbocycles. The molecule has 0 aromatic rings. The molecule has 0 atom stereocenters. The molecule has 144 valence electrons. The first kappa shape index (κ1) is 20.0. The molecular formula is C19H29N3O4. The summed E-state index contributed by atoms with van der Waals surface area (Å²) in [4.78, 5) is 39.3. The highest BCUT2D eigenvalue weighted by atomic mass is 16.4. The first-order chi connectivity index (χ1) is 12.2. The maximum absolute atomic E-state index is 13.0. The van der Waals surface area contributed by atoms with Crippen molar-refractivity contribution in [2.24, 2.45) is 5.41 Å². The van der Waals surface area contributed by atoms with Gasteiger partial charge in [0, 0.05) is 33.2 Å². The fraction of sp³-hybridized carbons (Fsp3) is 0.632. The second-order valence-corrected chi connectivity index (χ2v) is 7.63. The van der Waals surface area contributed by atoms with Crippen LogP contribution in [0.1, 0.15) is 40.0 Å². The number of likely N-dealkylation sites (N-methyl/N-ethyl adjacent to an activating group) is 1. The molecule has 2 N–H and O–H groups in total. The van der Waals surface area contributed by atoms with Gasteiger partial charge in [-0.1, -0.05) is 19.4 Å². The van der Waals surface area contributed by atoms with Crippen molar-refractivity contribution in [3.05, 3.63) is 22.8 Å². The van der Waals surface area contributed by atoms with Gasteiger partial charge in [-0.15, -0.1) is 0 Å². The zero-order valence-corrected chi connectivity index (χ0v) is 16.1. The van der Waals surface area contributed by atoms with E-state index in [2.05, 4.69) is 26.1 Å². The number of allylic oxidation sites excluding steroid dienone is 3. The molecule has 2 rings (SSSR count). The molecule has 0 spiro atoms. The van der Waals surface area contributed by atoms with Crippen LogP contribution in [0.3, 0.4) is 0 Å². The summed E-state index contributed by atoms with van der Waals surface area (Å²) in [5, 5.41) is 11.6. The Morgan fingerprint density at radius 1 is 1.12 bits per heavy atom. The first-order valence-corrected chi connectivity index (χ1v) is 9.08. The van der Waals surface area contributed by atoms with Crippen molar-refractivity contribution < 1.29 is 19.5 Å². The summed E-state index contributed by atoms with van der Waals surface area (Å²) in [6.07, 6.45) is 3.86. The van der Waals surface area contributed by atoms with Gasteiger partial charge in [-0.2, -0.15) is 0 Å². The third-order valence-electron chi connectivity index (χ3n) is 5.37. The lowest BCUT2D eigenvalue weighted by molar-refractivity contribution is -0.131. The average molecular weight is 363 g/mol. The molecule has 7 heteroatoms. The molecule has 0 aromatic heterocycles. The number of carbonyl (C=O) groups excluding carboxylic acids is 2. The van der Waals surface area contributed by atoms with Crippen molar-refractivity contribution in [1.29, 1.82) is 0 Å². The number of amides is 3. The third-order valence-corrected chi connectivity index (χ3v) is 5.37. The molecule has 1 fully saturated rings. The topological polar surface area (TPSA) is 90.0 Å². The molecule has 26 heavy (non-hydrogen) atoms. The number of hydrogen-bond acceptors (Lipinski definition) is 3. The highest BCUT2D eigenvalue weighted by Gasteiger charge is 2.32. The van der Waals surface area contributed by atoms with Gasteiger partial charge in [-0.25, -0.2) is 4.79 Å². The van der Waals surface area contributed by atoms with E-state index in [1.54, 1.807) is 11.0 Å². The lowest BCUT2D eigenvalue weighted by Crippen LogP contribution is -2.51. The largest absolute Gasteiger partial charge is 0.465 e. The summed E-state index contributed by atoms with van der Waals surface area (Å²) in [6, 6.07) is 0. The van der Waals surface area contributed by atoms with Crippen LogP contribution < -0.4 is 5.32 Å². The number of hydrogen-bond donors (Lipinski definition) is 2. The zero-order valence-electron chi connectivity index (χ0n) is 16.1. The van der Waals surface area contributed by atoms with E-state index in [0.717, 1.165) is 24.8 Å². The van der Waals surface area contributed by atoms with E-state index in [9.17, 15) is 14.4 Å². The molecule has 0 unspecified atom stereocenters. The highest BCUT2D eigenvalue weighted by molar-refractivity contribution is 6.18. The third kappa shape index (κ3) is 4.26. The maximum Gasteiger partial charge on any atom is 0.407 e. The van der Waals surface area contributed by atoms with Gasteiger partial charge in [0.2, 0.25) is 0 Å². The van der Waals surface area contributed by atoms with Crippen molar-refractivity contribution in [2.45, 2.75) is 40.0 Å². The number of piperazine rings is 1. The van der Waals surface area contributed by atoms with Crippen LogP contribution in [0.25, 0.3) is 0 Å². The summed E-state index contributed by atoms with van der Waals surface area (Å²) in [5.74, 6) is -0.742. The van der Waals surface area contributed by atoms with E-state index in [-0.39, 0.29) is 30.0 Å². The molecule has 0 bridgehead atoms. The summed E-state index contributed by atoms with van der Waals surface area (Å²) in [5.41, 5.74) is 2.32. The minimum absolute atomic E-state index is 0.0795. The Labute approximate surface area is 154 Å². The van der Waals surface area contributed by atoms with E-state index in [1.165, 1.54) is 17.5 Å². The van der Waals surface area contributed by atoms with Crippen molar-refractivity contribution >= 4 is 17.9 Å². The Hall–Kier alpha value is -2.31. The zero-order chi connectivity index (χ0) is 19.5. The maximum atomic E-state index is 13.0. The Kier molecular flexibility index (Phi) is 6.10. The molecule has 0 radical (unpaired) electrons. The van der Waals surface area contributed by atoms with Crippen LogP contribution in [0.15, 0.2) is 22.8 Å². The molecule has 1 heterocycles. The number of carboxylic acid groups (broad SMARTS) is 1. The van der Waals surface area contributed by atoms with E-state index < -0.39 is 12.0 Å². The van der Waals surface area contributed by atoms with Crippen molar-refractivity contribution in [3.63, 3.8) is 0 Å². The predicted octanol–water partition coefficient (Wildman–Crippen LogP) is 2.01. The smallest absolute Gasteiger partial charge is 0.407 e. The minimum Gasteiger partial charge on any atom is -0.465 e. The van der Waals surface area contributed by atoms with Crippen molar-refractivity contribution in [3.8, 4) is 0 Å². The number of nitrogens with one attached hydrogen (secondary N) is 1. The minimum atomic E-state index is -0.982. The van der Waals surface area contributed by atoms with E-state index in [0.29, 0.717) is 13.1 Å². The standard InChI is InChI=1S/C19H29N3O4/c1-13-6-5-7-19(2,3)15(13)12-14(16(23)20-4)17(24)21-8-10-22(11-9-21)18(25)26/h12H,5-11H2,1-4H3,(H,20,23)(H,25,26). The second kappa shape index (κ2) is 7.93. The van der Waals surface area contributed by atoms with Gasteiger partial charge in [0.1, 0.15) is 5.57 Å². The number of rotatable bonds is 3. The number of nitrogens with zero attached hydrogens (tertiary/aromatic N) is 2. The molecule has 1 aliphatic carbocycles. The quantitative estimate of drug-likeness (QED) is 0.456. The summed E-state index contributed by atoms with van der Waals surface area (Å²) in [7, 11) is 1.51. The van der Waals surface area contributed by atoms with Crippen LogP contribution >= 0.6 is 0 Å². The lowest BCUT2D eigenvalue weighted by Gasteiger charge is -2.35. The molecule has 2 aliphatic rings. The van der Waals surface area contributed by atoms with E-state index >= 15 is 0 Å². The van der Waals surface area contributed by atoms with Crippen LogP contribution in [0, 0.1) is 5.41 Å². The molecule has 0 saturated carbocycles. The van der Waals surface area contributed by atoms with Crippen molar-refractivity contribution in [2.75, 3.05) is 33.2 Å². The predicted molar refractivity (Wildman–Crippen MR) is 98.7 cm³/mol. The second-order valence-electron chi connectivity index (χ2n) is 7.63. The van der Waals surface area contributed by atoms with Crippen LogP contribution in [0.2, 0.25) is 0 Å². The SMILES string of the molecule is CNC(=O)C(=CC1=C(C)CCCC1(C)C)C(=O)N1CCN(C(=O)O)CC1. The Morgan fingerprint density at radius 3 is 2.19 bits per heavy atom. The molecule has 1 saturated heterocycles. The molecule has 1 aliphatic heterocycles. The van der Waals surface area contributed by atoms with Gasteiger partial charge < -0.3 is 20.2 Å². The average Bonchev–Trinajstić information content (AvgIpc) is 2.60. The Balaban J connectivity index is 2.29. The Morgan fingerprint density at radius 2 is 1.69 bits per heavy atom. The van der Waals surface area contributed by atoms with E-state index in [1.807, 2.05) is 0 Å². The fourth-order valence-electron chi connectivity index (χ4n) is 3.74. The summed E-state index contributed by atoms with van der Waals surface area (Å²) in [6.45, 7) is 7.44. The Bertz CT molecular complexity index is 656. The fourth-order valence-corrected chi connectivity index (χ4v) is 3.74. The monoisotopic (exact) mass is 363 g/mol. The lowest BCUT2D eigenvalue weighted by atomic mass is 9.72. The molecule has 3 amide bonds. The summed E-state index contributed by atoms with van der Waals surface area (Å²) >= 11 is 0. The normalized spacial score (nSPS) is 20.8. The van der Waals surface area contributed by atoms with Gasteiger partial charge in [-0.05, 0) is 43.3 Å². The number of carbonyl (C=O) groups is 3. The van der Waals surface area contributed by atoms with Gasteiger partial charge in [-0.3, -0.25) is 9.59 Å². The van der Waals surface area contributed by atoms with Gasteiger partial charge in [0.25, 0.3) is 11.8 Å². The van der Waals surface area contributed by atoms with Gasteiger partial charge in [0.15, 0.2) is 0 Å². The van der Waals surface area contributed by atoms with Crippen LogP contribution in [-0.2, 0) is 9.59 Å². The van der Waals surface area contributed by atoms with Crippen molar-refractivity contribution in [1.82, 2.24) is 15.1 Å².